The number of Topliss-reactive ketones (excluding diaryl/α,β-unsaturated/α-hetero) is 1. The number of hydrogen-bond donors (Lipinski definition) is 0. The number of ketones is 2. The summed E-state index contributed by atoms with van der Waals surface area (Å²) in [6, 6.07) is 0. The van der Waals surface area contributed by atoms with Crippen LogP contribution in [0.5, 0.6) is 0 Å². The Hall–Kier alpha value is -1.68. The highest BCUT2D eigenvalue weighted by atomic mass is 35.5. The van der Waals surface area contributed by atoms with Crippen LogP contribution >= 0.6 is 11.6 Å². The molecule has 0 N–H and O–H groups in total. The summed E-state index contributed by atoms with van der Waals surface area (Å²) in [6.45, 7) is 7.20. The molecule has 0 spiro atoms. The smallest absolute Gasteiger partial charge is 0.303 e. The van der Waals surface area contributed by atoms with E-state index in [0.717, 1.165) is 24.8 Å². The molecule has 5 heteroatoms. The van der Waals surface area contributed by atoms with Crippen molar-refractivity contribution in [2.24, 2.45) is 28.6 Å². The summed E-state index contributed by atoms with van der Waals surface area (Å²) >= 11 is 6.67. The zero-order valence-corrected chi connectivity index (χ0v) is 17.6. The van der Waals surface area contributed by atoms with Gasteiger partial charge in [0, 0.05) is 22.8 Å². The number of carbonyl (C=O) groups is 3. The summed E-state index contributed by atoms with van der Waals surface area (Å²) in [6.07, 6.45) is 10.5. The highest BCUT2D eigenvalue weighted by Gasteiger charge is 2.67. The normalized spacial score (nSPS) is 44.0. The van der Waals surface area contributed by atoms with E-state index in [0.29, 0.717) is 17.4 Å². The molecule has 0 amide bonds. The third-order valence-corrected chi connectivity index (χ3v) is 8.50. The van der Waals surface area contributed by atoms with E-state index in [9.17, 15) is 14.4 Å². The highest BCUT2D eigenvalue weighted by molar-refractivity contribution is 6.32. The van der Waals surface area contributed by atoms with Crippen molar-refractivity contribution in [2.75, 3.05) is 0 Å². The Balaban J connectivity index is 1.80. The Morgan fingerprint density at radius 1 is 1.14 bits per heavy atom. The molecular weight excluding hydrogens is 376 g/mol. The SMILES string of the molecule is CC(=O)O[C@]1(C(C)=O)CCC2C3C=C(Cl)C4=CC(=O)C=C[C@]4(C)C3CC[C@@]21C. The molecule has 0 aromatic carbocycles. The quantitative estimate of drug-likeness (QED) is 0.637. The van der Waals surface area contributed by atoms with Crippen LogP contribution in [-0.2, 0) is 19.1 Å². The maximum absolute atomic E-state index is 12.7. The Morgan fingerprint density at radius 2 is 1.82 bits per heavy atom. The first-order valence-electron chi connectivity index (χ1n) is 10.1. The van der Waals surface area contributed by atoms with E-state index in [1.165, 1.54) is 6.92 Å². The molecule has 0 aromatic rings. The van der Waals surface area contributed by atoms with Crippen LogP contribution < -0.4 is 0 Å². The Morgan fingerprint density at radius 3 is 2.46 bits per heavy atom. The third kappa shape index (κ3) is 2.39. The highest BCUT2D eigenvalue weighted by Crippen LogP contribution is 2.67. The van der Waals surface area contributed by atoms with Gasteiger partial charge in [0.25, 0.3) is 0 Å². The molecule has 0 aromatic heterocycles. The lowest BCUT2D eigenvalue weighted by Crippen LogP contribution is -2.58. The van der Waals surface area contributed by atoms with Gasteiger partial charge < -0.3 is 4.74 Å². The van der Waals surface area contributed by atoms with Crippen molar-refractivity contribution in [3.63, 3.8) is 0 Å². The van der Waals surface area contributed by atoms with Crippen LogP contribution in [0.2, 0.25) is 0 Å². The fourth-order valence-corrected chi connectivity index (χ4v) is 7.19. The lowest BCUT2D eigenvalue weighted by atomic mass is 9.48. The third-order valence-electron chi connectivity index (χ3n) is 8.17. The minimum atomic E-state index is -1.05. The number of hydrogen-bond acceptors (Lipinski definition) is 4. The van der Waals surface area contributed by atoms with Crippen molar-refractivity contribution in [3.8, 4) is 0 Å². The van der Waals surface area contributed by atoms with Crippen LogP contribution in [-0.4, -0.2) is 23.1 Å². The van der Waals surface area contributed by atoms with E-state index in [-0.39, 0.29) is 28.8 Å². The molecule has 4 aliphatic carbocycles. The predicted octanol–water partition coefficient (Wildman–Crippen LogP) is 4.53. The maximum Gasteiger partial charge on any atom is 0.303 e. The number of ether oxygens (including phenoxy) is 1. The zero-order valence-electron chi connectivity index (χ0n) is 16.9. The minimum Gasteiger partial charge on any atom is -0.451 e. The molecule has 4 nitrogen and oxygen atoms in total. The second-order valence-electron chi connectivity index (χ2n) is 9.35. The van der Waals surface area contributed by atoms with Gasteiger partial charge in [0.05, 0.1) is 0 Å². The number of carbonyl (C=O) groups excluding carboxylic acids is 3. The zero-order chi connectivity index (χ0) is 20.5. The van der Waals surface area contributed by atoms with Gasteiger partial charge in [-0.3, -0.25) is 14.4 Å². The fraction of sp³-hybridized carbons (Fsp3) is 0.609. The van der Waals surface area contributed by atoms with Crippen molar-refractivity contribution in [3.05, 3.63) is 34.9 Å². The molecule has 4 rings (SSSR count). The second-order valence-corrected chi connectivity index (χ2v) is 9.76. The molecule has 0 saturated heterocycles. The van der Waals surface area contributed by atoms with Crippen LogP contribution in [0.4, 0.5) is 0 Å². The first kappa shape index (κ1) is 19.6. The van der Waals surface area contributed by atoms with E-state index >= 15 is 0 Å². The molecule has 0 aliphatic heterocycles. The minimum absolute atomic E-state index is 0.0237. The number of halogens is 1. The molecule has 2 saturated carbocycles. The number of fused-ring (bicyclic) bond motifs is 5. The van der Waals surface area contributed by atoms with E-state index in [2.05, 4.69) is 19.9 Å². The van der Waals surface area contributed by atoms with Gasteiger partial charge in [0.1, 0.15) is 0 Å². The van der Waals surface area contributed by atoms with Crippen molar-refractivity contribution in [2.45, 2.75) is 59.0 Å². The molecule has 0 bridgehead atoms. The molecule has 0 heterocycles. The summed E-state index contributed by atoms with van der Waals surface area (Å²) in [4.78, 5) is 36.5. The van der Waals surface area contributed by atoms with Gasteiger partial charge in [-0.25, -0.2) is 0 Å². The summed E-state index contributed by atoms with van der Waals surface area (Å²) in [7, 11) is 0. The first-order valence-corrected chi connectivity index (χ1v) is 10.5. The molecule has 28 heavy (non-hydrogen) atoms. The number of allylic oxidation sites excluding steroid dienone is 6. The average molecular weight is 403 g/mol. The molecule has 4 aliphatic rings. The topological polar surface area (TPSA) is 60.4 Å². The van der Waals surface area contributed by atoms with E-state index in [1.807, 2.05) is 6.08 Å². The standard InChI is InChI=1S/C23H27ClO4/c1-13(25)23(28-14(2)26)10-7-18-16-12-20(24)19-11-15(27)5-8-21(19,3)17(16)6-9-22(18,23)4/h5,8,11-12,16-18H,6-7,9-10H2,1-4H3/t16?,17?,18?,21-,22+,23+/m1/s1. The molecular formula is C23H27ClO4. The van der Waals surface area contributed by atoms with Crippen molar-refractivity contribution >= 4 is 29.1 Å². The Labute approximate surface area is 171 Å². The lowest BCUT2D eigenvalue weighted by molar-refractivity contribution is -0.184. The molecule has 3 unspecified atom stereocenters. The van der Waals surface area contributed by atoms with Gasteiger partial charge >= 0.3 is 5.97 Å². The van der Waals surface area contributed by atoms with Crippen LogP contribution in [0.3, 0.4) is 0 Å². The monoisotopic (exact) mass is 402 g/mol. The van der Waals surface area contributed by atoms with Crippen molar-refractivity contribution < 1.29 is 19.1 Å². The maximum atomic E-state index is 12.7. The van der Waals surface area contributed by atoms with Gasteiger partial charge in [-0.1, -0.05) is 37.6 Å². The van der Waals surface area contributed by atoms with Crippen molar-refractivity contribution in [1.82, 2.24) is 0 Å². The molecule has 6 atom stereocenters. The average Bonchev–Trinajstić information content (AvgIpc) is 2.90. The largest absolute Gasteiger partial charge is 0.451 e. The van der Waals surface area contributed by atoms with Gasteiger partial charge in [-0.15, -0.1) is 0 Å². The summed E-state index contributed by atoms with van der Waals surface area (Å²) in [5.74, 6) is 0.207. The first-order chi connectivity index (χ1) is 13.0. The fourth-order valence-electron chi connectivity index (χ4n) is 6.79. The van der Waals surface area contributed by atoms with Gasteiger partial charge in [-0.05, 0) is 68.1 Å². The van der Waals surface area contributed by atoms with Crippen LogP contribution in [0.1, 0.15) is 53.4 Å². The van der Waals surface area contributed by atoms with Gasteiger partial charge in [0.15, 0.2) is 17.2 Å². The van der Waals surface area contributed by atoms with E-state index in [1.54, 1.807) is 19.1 Å². The lowest BCUT2D eigenvalue weighted by Gasteiger charge is -2.56. The number of rotatable bonds is 2. The summed E-state index contributed by atoms with van der Waals surface area (Å²) in [5, 5.41) is 0.638. The Kier molecular flexibility index (Phi) is 4.32. The van der Waals surface area contributed by atoms with Crippen molar-refractivity contribution in [1.29, 1.82) is 0 Å². The summed E-state index contributed by atoms with van der Waals surface area (Å²) < 4.78 is 5.77. The van der Waals surface area contributed by atoms with Gasteiger partial charge in [0.2, 0.25) is 0 Å². The Bertz CT molecular complexity index is 868. The van der Waals surface area contributed by atoms with Gasteiger partial charge in [-0.2, -0.15) is 0 Å². The molecule has 150 valence electrons. The molecule has 0 radical (unpaired) electrons. The predicted molar refractivity (Wildman–Crippen MR) is 106 cm³/mol. The number of esters is 1. The second kappa shape index (κ2) is 6.16. The summed E-state index contributed by atoms with van der Waals surface area (Å²) in [5.41, 5.74) is -0.841. The van der Waals surface area contributed by atoms with Crippen LogP contribution in [0, 0.1) is 28.6 Å². The van der Waals surface area contributed by atoms with Crippen LogP contribution in [0.15, 0.2) is 34.9 Å². The van der Waals surface area contributed by atoms with E-state index in [4.69, 9.17) is 16.3 Å². The molecule has 2 fully saturated rings. The van der Waals surface area contributed by atoms with E-state index < -0.39 is 17.0 Å². The van der Waals surface area contributed by atoms with Crippen LogP contribution in [0.25, 0.3) is 0 Å².